The molecule has 1 unspecified atom stereocenters. The molecule has 1 saturated heterocycles. The van der Waals surface area contributed by atoms with Crippen LogP contribution in [0.25, 0.3) is 0 Å². The highest BCUT2D eigenvalue weighted by atomic mass is 32.3. The van der Waals surface area contributed by atoms with Gasteiger partial charge in [0.1, 0.15) is 18.7 Å². The van der Waals surface area contributed by atoms with Crippen LogP contribution in [-0.4, -0.2) is 37.3 Å². The van der Waals surface area contributed by atoms with Crippen molar-refractivity contribution in [1.82, 2.24) is 9.03 Å². The summed E-state index contributed by atoms with van der Waals surface area (Å²) in [5.41, 5.74) is -0.925. The van der Waals surface area contributed by atoms with Crippen LogP contribution in [0.1, 0.15) is 27.0 Å². The summed E-state index contributed by atoms with van der Waals surface area (Å²) < 4.78 is 80.2. The number of carbonyl (C=O) groups is 1. The number of halogens is 4. The van der Waals surface area contributed by atoms with E-state index in [4.69, 9.17) is 4.74 Å². The summed E-state index contributed by atoms with van der Waals surface area (Å²) in [4.78, 5) is 12.1. The molecule has 0 radical (unpaired) electrons. The van der Waals surface area contributed by atoms with E-state index in [1.165, 1.54) is 28.6 Å². The molecule has 3 rings (SSSR count). The van der Waals surface area contributed by atoms with Crippen LogP contribution in [0.5, 0.6) is 0 Å². The molecule has 2 aromatic carbocycles. The smallest absolute Gasteiger partial charge is 0.416 e. The molecule has 0 aliphatic carbocycles. The van der Waals surface area contributed by atoms with E-state index in [0.29, 0.717) is 11.6 Å². The van der Waals surface area contributed by atoms with E-state index in [1.54, 1.807) is 0 Å². The van der Waals surface area contributed by atoms with Gasteiger partial charge in [0.25, 0.3) is 0 Å². The van der Waals surface area contributed by atoms with Crippen molar-refractivity contribution in [2.45, 2.75) is 25.6 Å². The van der Waals surface area contributed by atoms with Crippen molar-refractivity contribution in [1.29, 1.82) is 0 Å². The summed E-state index contributed by atoms with van der Waals surface area (Å²) in [6, 6.07) is 7.86. The number of nitrogens with zero attached hydrogens (tertiary/aromatic N) is 1. The van der Waals surface area contributed by atoms with E-state index in [9.17, 15) is 36.6 Å². The number of ether oxygens (including phenoxy) is 1. The van der Waals surface area contributed by atoms with Crippen LogP contribution in [0.4, 0.5) is 17.6 Å². The first-order valence-corrected chi connectivity index (χ1v) is 10.1. The maximum absolute atomic E-state index is 13.1. The van der Waals surface area contributed by atoms with Crippen molar-refractivity contribution in [3.63, 3.8) is 0 Å². The quantitative estimate of drug-likeness (QED) is 0.409. The van der Waals surface area contributed by atoms with Gasteiger partial charge in [-0.1, -0.05) is 29.2 Å². The minimum atomic E-state index is -4.79. The normalized spacial score (nSPS) is 20.2. The molecule has 1 atom stereocenters. The molecular formula is C18H18F4N2O5S. The van der Waals surface area contributed by atoms with Gasteiger partial charge >= 0.3 is 12.1 Å². The van der Waals surface area contributed by atoms with Gasteiger partial charge in [-0.15, -0.1) is 0 Å². The second-order valence-corrected chi connectivity index (χ2v) is 8.34. The molecule has 1 aliphatic rings. The molecule has 1 fully saturated rings. The van der Waals surface area contributed by atoms with Crippen molar-refractivity contribution >= 4 is 16.9 Å². The Bertz CT molecular complexity index is 924. The Morgan fingerprint density at radius 1 is 1.20 bits per heavy atom. The monoisotopic (exact) mass is 450 g/mol. The van der Waals surface area contributed by atoms with E-state index in [1.807, 2.05) is 0 Å². The van der Waals surface area contributed by atoms with Gasteiger partial charge in [0, 0.05) is 12.1 Å². The Morgan fingerprint density at radius 2 is 1.87 bits per heavy atom. The van der Waals surface area contributed by atoms with Gasteiger partial charge in [-0.2, -0.15) is 22.2 Å². The zero-order valence-corrected chi connectivity index (χ0v) is 16.1. The predicted molar refractivity (Wildman–Crippen MR) is 99.4 cm³/mol. The number of hydrogen-bond acceptors (Lipinski definition) is 7. The molecule has 0 saturated carbocycles. The average molecular weight is 450 g/mol. The fourth-order valence-electron chi connectivity index (χ4n) is 2.86. The van der Waals surface area contributed by atoms with Crippen molar-refractivity contribution < 1.29 is 41.3 Å². The molecular weight excluding hydrogens is 432 g/mol. The number of esters is 1. The minimum absolute atomic E-state index is 0.00860. The number of rotatable bonds is 5. The SMILES string of the molecule is O=C(OCc1ccc(F)cc1C(F)(F)F)c1ccc(CN2CC(O)NS2(O)O)cc1. The standard InChI is InChI=1S/C18H18F4N2O5S/c19-14-6-5-13(15(7-14)18(20,21)22)10-29-17(26)12-3-1-11(2-4-12)8-24-9-16(25)23-30(24,27)28/h1-7,16,23,25,27-28H,8-10H2. The van der Waals surface area contributed by atoms with Gasteiger partial charge in [-0.3, -0.25) is 9.11 Å². The van der Waals surface area contributed by atoms with E-state index in [-0.39, 0.29) is 24.2 Å². The zero-order valence-electron chi connectivity index (χ0n) is 15.3. The summed E-state index contributed by atoms with van der Waals surface area (Å²) >= 11 is 0. The van der Waals surface area contributed by atoms with Crippen LogP contribution >= 0.6 is 11.0 Å². The lowest BCUT2D eigenvalue weighted by molar-refractivity contribution is -0.138. The third-order valence-corrected chi connectivity index (χ3v) is 5.90. The Labute approximate surface area is 170 Å². The van der Waals surface area contributed by atoms with E-state index in [2.05, 4.69) is 4.72 Å². The molecule has 0 spiro atoms. The van der Waals surface area contributed by atoms with Gasteiger partial charge in [-0.05, 0) is 29.8 Å². The van der Waals surface area contributed by atoms with Crippen LogP contribution < -0.4 is 4.72 Å². The molecule has 1 aliphatic heterocycles. The van der Waals surface area contributed by atoms with Gasteiger partial charge in [0.05, 0.1) is 17.7 Å². The van der Waals surface area contributed by atoms with Gasteiger partial charge < -0.3 is 9.84 Å². The summed E-state index contributed by atoms with van der Waals surface area (Å²) in [7, 11) is -3.30. The second kappa shape index (κ2) is 8.49. The lowest BCUT2D eigenvalue weighted by Crippen LogP contribution is -2.25. The molecule has 7 nitrogen and oxygen atoms in total. The summed E-state index contributed by atoms with van der Waals surface area (Å²) in [6.07, 6.45) is -5.88. The molecule has 2 aromatic rings. The number of β-amino-alcohol motifs (C(OH)–C–C–N with tert-alkyl or cyclic N) is 1. The highest BCUT2D eigenvalue weighted by molar-refractivity contribution is 8.20. The molecule has 0 amide bonds. The summed E-state index contributed by atoms with van der Waals surface area (Å²) in [5.74, 6) is -1.92. The number of aliphatic hydroxyl groups is 1. The van der Waals surface area contributed by atoms with Gasteiger partial charge in [0.2, 0.25) is 0 Å². The molecule has 4 N–H and O–H groups in total. The van der Waals surface area contributed by atoms with Crippen LogP contribution in [0.15, 0.2) is 42.5 Å². The summed E-state index contributed by atoms with van der Waals surface area (Å²) in [6.45, 7) is -0.620. The first-order valence-electron chi connectivity index (χ1n) is 8.56. The molecule has 164 valence electrons. The Hall–Kier alpha value is -2.22. The van der Waals surface area contributed by atoms with Gasteiger partial charge in [-0.25, -0.2) is 9.18 Å². The topological polar surface area (TPSA) is 102 Å². The summed E-state index contributed by atoms with van der Waals surface area (Å²) in [5, 5.41) is 9.46. The molecule has 0 bridgehead atoms. The van der Waals surface area contributed by atoms with E-state index >= 15 is 0 Å². The number of hydrogen-bond donors (Lipinski definition) is 4. The number of alkyl halides is 3. The van der Waals surface area contributed by atoms with E-state index < -0.39 is 47.3 Å². The lowest BCUT2D eigenvalue weighted by atomic mass is 10.1. The molecule has 1 heterocycles. The number of nitrogens with one attached hydrogen (secondary N) is 1. The Morgan fingerprint density at radius 3 is 2.43 bits per heavy atom. The Kier molecular flexibility index (Phi) is 6.36. The predicted octanol–water partition coefficient (Wildman–Crippen LogP) is 3.51. The van der Waals surface area contributed by atoms with Crippen LogP contribution in [0, 0.1) is 5.82 Å². The van der Waals surface area contributed by atoms with Crippen molar-refractivity contribution in [2.24, 2.45) is 0 Å². The highest BCUT2D eigenvalue weighted by Gasteiger charge is 2.35. The maximum Gasteiger partial charge on any atom is 0.416 e. The van der Waals surface area contributed by atoms with Crippen molar-refractivity contribution in [3.8, 4) is 0 Å². The molecule has 12 heteroatoms. The first-order chi connectivity index (χ1) is 14.0. The third kappa shape index (κ3) is 5.28. The maximum atomic E-state index is 13.1. The third-order valence-electron chi connectivity index (χ3n) is 4.32. The molecule has 30 heavy (non-hydrogen) atoms. The molecule has 0 aromatic heterocycles. The minimum Gasteiger partial charge on any atom is -0.457 e. The van der Waals surface area contributed by atoms with Crippen LogP contribution in [0.2, 0.25) is 0 Å². The number of aliphatic hydroxyl groups excluding tert-OH is 1. The highest BCUT2D eigenvalue weighted by Crippen LogP contribution is 2.44. The fourth-order valence-corrected chi connectivity index (χ4v) is 4.13. The second-order valence-electron chi connectivity index (χ2n) is 6.55. The largest absolute Gasteiger partial charge is 0.457 e. The number of benzene rings is 2. The number of carbonyl (C=O) groups excluding carboxylic acids is 1. The Balaban J connectivity index is 1.63. The van der Waals surface area contributed by atoms with Crippen LogP contribution in [-0.2, 0) is 24.1 Å². The van der Waals surface area contributed by atoms with E-state index in [0.717, 1.165) is 12.1 Å². The first kappa shape index (κ1) is 22.5. The fraction of sp³-hybridized carbons (Fsp3) is 0.278. The lowest BCUT2D eigenvalue weighted by Gasteiger charge is -2.35. The zero-order chi connectivity index (χ0) is 22.1. The average Bonchev–Trinajstić information content (AvgIpc) is 2.91. The van der Waals surface area contributed by atoms with Crippen molar-refractivity contribution in [2.75, 3.05) is 6.54 Å². The van der Waals surface area contributed by atoms with Crippen molar-refractivity contribution in [3.05, 3.63) is 70.5 Å². The van der Waals surface area contributed by atoms with Crippen LogP contribution in [0.3, 0.4) is 0 Å². The van der Waals surface area contributed by atoms with Gasteiger partial charge in [0.15, 0.2) is 0 Å².